The standard InChI is InChI=1S/C23H26Cl2N2O3/c1-26(14-17-5-2-6-18(24)23(17)25)15-22(28)27-10-3-7-19(27)16-8-9-20-21(13-16)30-12-4-11-29-20/h2,5-6,8-9,13,19H,3-4,7,10-12,14-15H2,1H3/t19-/m0/s1. The molecule has 2 aromatic carbocycles. The maximum Gasteiger partial charge on any atom is 0.237 e. The number of rotatable bonds is 5. The number of nitrogens with zero attached hydrogens (tertiary/aromatic N) is 2. The van der Waals surface area contributed by atoms with Gasteiger partial charge < -0.3 is 14.4 Å². The normalized spacial score (nSPS) is 18.5. The second-order valence-electron chi connectivity index (χ2n) is 7.89. The monoisotopic (exact) mass is 448 g/mol. The Labute approximate surface area is 187 Å². The lowest BCUT2D eigenvalue weighted by atomic mass is 10.0. The molecule has 30 heavy (non-hydrogen) atoms. The topological polar surface area (TPSA) is 42.0 Å². The number of likely N-dealkylation sites (N-methyl/N-ethyl adjacent to an activating group) is 1. The summed E-state index contributed by atoms with van der Waals surface area (Å²) in [4.78, 5) is 17.1. The van der Waals surface area contributed by atoms with Gasteiger partial charge in [-0.2, -0.15) is 0 Å². The Balaban J connectivity index is 1.43. The minimum atomic E-state index is 0.0674. The maximum absolute atomic E-state index is 13.1. The van der Waals surface area contributed by atoms with Gasteiger partial charge in [0, 0.05) is 19.5 Å². The first-order valence-electron chi connectivity index (χ1n) is 10.3. The summed E-state index contributed by atoms with van der Waals surface area (Å²) in [5, 5.41) is 1.08. The maximum atomic E-state index is 13.1. The lowest BCUT2D eigenvalue weighted by molar-refractivity contribution is -0.133. The molecule has 0 unspecified atom stereocenters. The van der Waals surface area contributed by atoms with Crippen LogP contribution in [0.2, 0.25) is 10.0 Å². The van der Waals surface area contributed by atoms with E-state index in [0.29, 0.717) is 36.3 Å². The van der Waals surface area contributed by atoms with E-state index in [2.05, 4.69) is 6.07 Å². The van der Waals surface area contributed by atoms with Crippen molar-refractivity contribution in [1.82, 2.24) is 9.80 Å². The van der Waals surface area contributed by atoms with Crippen LogP contribution < -0.4 is 9.47 Å². The molecule has 2 heterocycles. The molecule has 5 nitrogen and oxygen atoms in total. The number of hydrogen-bond donors (Lipinski definition) is 0. The molecule has 0 aromatic heterocycles. The summed E-state index contributed by atoms with van der Waals surface area (Å²) in [6, 6.07) is 11.7. The Hall–Kier alpha value is -1.95. The number of ether oxygens (including phenoxy) is 2. The van der Waals surface area contributed by atoms with Crippen molar-refractivity contribution in [1.29, 1.82) is 0 Å². The third kappa shape index (κ3) is 4.69. The summed E-state index contributed by atoms with van der Waals surface area (Å²) in [7, 11) is 1.92. The third-order valence-corrected chi connectivity index (χ3v) is 6.46. The first kappa shape index (κ1) is 21.3. The Morgan fingerprint density at radius 1 is 1.13 bits per heavy atom. The van der Waals surface area contributed by atoms with Crippen molar-refractivity contribution in [3.05, 3.63) is 57.6 Å². The van der Waals surface area contributed by atoms with Crippen LogP contribution in [0.1, 0.15) is 36.4 Å². The van der Waals surface area contributed by atoms with Crippen molar-refractivity contribution >= 4 is 29.1 Å². The number of carbonyl (C=O) groups excluding carboxylic acids is 1. The van der Waals surface area contributed by atoms with E-state index in [1.54, 1.807) is 6.07 Å². The van der Waals surface area contributed by atoms with Crippen LogP contribution in [0, 0.1) is 0 Å². The fourth-order valence-corrected chi connectivity index (χ4v) is 4.52. The number of likely N-dealkylation sites (tertiary alicyclic amines) is 1. The van der Waals surface area contributed by atoms with Gasteiger partial charge in [-0.3, -0.25) is 9.69 Å². The van der Waals surface area contributed by atoms with Gasteiger partial charge in [-0.1, -0.05) is 41.4 Å². The predicted octanol–water partition coefficient (Wildman–Crippen LogP) is 4.95. The summed E-state index contributed by atoms with van der Waals surface area (Å²) in [6.45, 7) is 2.98. The predicted molar refractivity (Wildman–Crippen MR) is 119 cm³/mol. The second-order valence-corrected chi connectivity index (χ2v) is 8.67. The average Bonchev–Trinajstić information content (AvgIpc) is 3.10. The molecule has 1 amide bonds. The van der Waals surface area contributed by atoms with Crippen LogP contribution in [0.3, 0.4) is 0 Å². The minimum absolute atomic E-state index is 0.0674. The highest BCUT2D eigenvalue weighted by molar-refractivity contribution is 6.42. The summed E-state index contributed by atoms with van der Waals surface area (Å²) >= 11 is 12.4. The van der Waals surface area contributed by atoms with E-state index in [1.165, 1.54) is 0 Å². The van der Waals surface area contributed by atoms with Crippen LogP contribution in [0.15, 0.2) is 36.4 Å². The van der Waals surface area contributed by atoms with Crippen LogP contribution in [-0.2, 0) is 11.3 Å². The van der Waals surface area contributed by atoms with Gasteiger partial charge in [-0.05, 0) is 49.2 Å². The molecule has 0 saturated carbocycles. The number of benzene rings is 2. The lowest BCUT2D eigenvalue weighted by Gasteiger charge is -2.28. The van der Waals surface area contributed by atoms with Crippen molar-refractivity contribution in [2.45, 2.75) is 31.8 Å². The molecule has 160 valence electrons. The zero-order valence-corrected chi connectivity index (χ0v) is 18.6. The summed E-state index contributed by atoms with van der Waals surface area (Å²) in [6.07, 6.45) is 2.82. The van der Waals surface area contributed by atoms with E-state index in [-0.39, 0.29) is 11.9 Å². The van der Waals surface area contributed by atoms with Crippen molar-refractivity contribution < 1.29 is 14.3 Å². The first-order chi connectivity index (χ1) is 14.5. The van der Waals surface area contributed by atoms with Gasteiger partial charge in [0.05, 0.1) is 35.8 Å². The lowest BCUT2D eigenvalue weighted by Crippen LogP contribution is -2.38. The van der Waals surface area contributed by atoms with Gasteiger partial charge in [0.25, 0.3) is 0 Å². The van der Waals surface area contributed by atoms with E-state index < -0.39 is 0 Å². The smallest absolute Gasteiger partial charge is 0.237 e. The van der Waals surface area contributed by atoms with Crippen LogP contribution in [-0.4, -0.2) is 49.1 Å². The molecular formula is C23H26Cl2N2O3. The average molecular weight is 449 g/mol. The Morgan fingerprint density at radius 2 is 1.93 bits per heavy atom. The zero-order valence-electron chi connectivity index (χ0n) is 17.1. The number of amides is 1. The Bertz CT molecular complexity index is 921. The highest BCUT2D eigenvalue weighted by Crippen LogP contribution is 2.38. The Morgan fingerprint density at radius 3 is 2.77 bits per heavy atom. The van der Waals surface area contributed by atoms with E-state index in [0.717, 1.165) is 48.4 Å². The quantitative estimate of drug-likeness (QED) is 0.648. The summed E-state index contributed by atoms with van der Waals surface area (Å²) in [5.74, 6) is 1.67. The molecule has 0 aliphatic carbocycles. The molecule has 2 aliphatic heterocycles. The molecule has 1 atom stereocenters. The van der Waals surface area contributed by atoms with Crippen molar-refractivity contribution in [3.63, 3.8) is 0 Å². The molecule has 0 radical (unpaired) electrons. The zero-order chi connectivity index (χ0) is 21.1. The summed E-state index contributed by atoms with van der Waals surface area (Å²) < 4.78 is 11.6. The number of fused-ring (bicyclic) bond motifs is 1. The van der Waals surface area contributed by atoms with Crippen LogP contribution in [0.25, 0.3) is 0 Å². The van der Waals surface area contributed by atoms with Crippen LogP contribution >= 0.6 is 23.2 Å². The molecule has 2 aromatic rings. The number of hydrogen-bond acceptors (Lipinski definition) is 4. The molecule has 0 bridgehead atoms. The van der Waals surface area contributed by atoms with E-state index >= 15 is 0 Å². The molecule has 0 N–H and O–H groups in total. The van der Waals surface area contributed by atoms with Crippen LogP contribution in [0.4, 0.5) is 0 Å². The van der Waals surface area contributed by atoms with Gasteiger partial charge in [0.2, 0.25) is 5.91 Å². The highest BCUT2D eigenvalue weighted by atomic mass is 35.5. The fourth-order valence-electron chi connectivity index (χ4n) is 4.14. The largest absolute Gasteiger partial charge is 0.490 e. The Kier molecular flexibility index (Phi) is 6.71. The molecule has 7 heteroatoms. The fraction of sp³-hybridized carbons (Fsp3) is 0.435. The van der Waals surface area contributed by atoms with Crippen molar-refractivity contribution in [3.8, 4) is 11.5 Å². The van der Waals surface area contributed by atoms with E-state index in [4.69, 9.17) is 32.7 Å². The van der Waals surface area contributed by atoms with Gasteiger partial charge in [-0.15, -0.1) is 0 Å². The molecule has 4 rings (SSSR count). The number of halogens is 2. The molecule has 0 spiro atoms. The van der Waals surface area contributed by atoms with Gasteiger partial charge in [-0.25, -0.2) is 0 Å². The second kappa shape index (κ2) is 9.46. The first-order valence-corrected chi connectivity index (χ1v) is 11.1. The van der Waals surface area contributed by atoms with E-state index in [9.17, 15) is 4.79 Å². The van der Waals surface area contributed by atoms with Crippen molar-refractivity contribution in [2.75, 3.05) is 33.4 Å². The minimum Gasteiger partial charge on any atom is -0.490 e. The molecule has 2 aliphatic rings. The van der Waals surface area contributed by atoms with E-state index in [1.807, 2.05) is 41.1 Å². The third-order valence-electron chi connectivity index (χ3n) is 5.61. The van der Waals surface area contributed by atoms with Gasteiger partial charge in [0.1, 0.15) is 0 Å². The highest BCUT2D eigenvalue weighted by Gasteiger charge is 2.31. The molecular weight excluding hydrogens is 423 g/mol. The van der Waals surface area contributed by atoms with Crippen LogP contribution in [0.5, 0.6) is 11.5 Å². The molecule has 1 saturated heterocycles. The van der Waals surface area contributed by atoms with Crippen molar-refractivity contribution in [2.24, 2.45) is 0 Å². The summed E-state index contributed by atoms with van der Waals surface area (Å²) in [5.41, 5.74) is 2.02. The number of carbonyl (C=O) groups is 1. The molecule has 1 fully saturated rings. The SMILES string of the molecule is CN(CC(=O)N1CCC[C@H]1c1ccc2c(c1)OCCCO2)Cc1cccc(Cl)c1Cl. The van der Waals surface area contributed by atoms with Gasteiger partial charge >= 0.3 is 0 Å². The van der Waals surface area contributed by atoms with Gasteiger partial charge in [0.15, 0.2) is 11.5 Å².